The molecule has 116 valence electrons. The molecule has 0 heterocycles. The van der Waals surface area contributed by atoms with Gasteiger partial charge in [0.2, 0.25) is 17.2 Å². The molecule has 0 saturated heterocycles. The van der Waals surface area contributed by atoms with Crippen LogP contribution in [0.1, 0.15) is 11.1 Å². The molecule has 2 aromatic rings. The molecule has 0 aromatic heterocycles. The molecule has 5 nitrogen and oxygen atoms in total. The van der Waals surface area contributed by atoms with E-state index in [-0.39, 0.29) is 22.6 Å². The number of carbonyl (C=O) groups is 2. The standard InChI is InChI=1S/C18H14O5/c1-23-15-14(11-7-9-13(19)10-8-11)16(20)18(22,17(15)21)12-5-3-2-4-6-12/h2-10,19,22H,1H3/t18-/m1/s1. The number of hydrogen-bond donors (Lipinski definition) is 2. The maximum Gasteiger partial charge on any atom is 0.242 e. The van der Waals surface area contributed by atoms with Crippen LogP contribution >= 0.6 is 0 Å². The van der Waals surface area contributed by atoms with Crippen LogP contribution in [-0.2, 0) is 19.9 Å². The number of benzene rings is 2. The zero-order valence-corrected chi connectivity index (χ0v) is 12.3. The Kier molecular flexibility index (Phi) is 3.50. The fourth-order valence-corrected chi connectivity index (χ4v) is 2.69. The van der Waals surface area contributed by atoms with E-state index in [1.165, 1.54) is 43.5 Å². The molecule has 3 rings (SSSR count). The number of ether oxygens (including phenoxy) is 1. The van der Waals surface area contributed by atoms with Crippen molar-refractivity contribution in [3.05, 3.63) is 71.5 Å². The molecule has 0 saturated carbocycles. The Labute approximate surface area is 132 Å². The van der Waals surface area contributed by atoms with Crippen molar-refractivity contribution >= 4 is 17.1 Å². The molecule has 0 aliphatic heterocycles. The highest BCUT2D eigenvalue weighted by molar-refractivity contribution is 6.43. The average molecular weight is 310 g/mol. The molecule has 0 fully saturated rings. The molecule has 2 aromatic carbocycles. The first-order chi connectivity index (χ1) is 11.0. The third-order valence-electron chi connectivity index (χ3n) is 3.87. The minimum Gasteiger partial charge on any atom is -0.508 e. The van der Waals surface area contributed by atoms with E-state index >= 15 is 0 Å². The number of aliphatic hydroxyl groups is 1. The molecule has 1 atom stereocenters. The Morgan fingerprint density at radius 3 is 2.09 bits per heavy atom. The zero-order valence-electron chi connectivity index (χ0n) is 12.3. The van der Waals surface area contributed by atoms with Gasteiger partial charge in [-0.15, -0.1) is 0 Å². The lowest BCUT2D eigenvalue weighted by Gasteiger charge is -2.20. The third-order valence-corrected chi connectivity index (χ3v) is 3.87. The first-order valence-corrected chi connectivity index (χ1v) is 6.95. The van der Waals surface area contributed by atoms with Crippen LogP contribution in [0.25, 0.3) is 5.57 Å². The Hall–Kier alpha value is -2.92. The summed E-state index contributed by atoms with van der Waals surface area (Å²) in [5.74, 6) is -1.69. The molecular formula is C18H14O5. The third kappa shape index (κ3) is 2.13. The number of rotatable bonds is 3. The second-order valence-electron chi connectivity index (χ2n) is 5.19. The number of aromatic hydroxyl groups is 1. The van der Waals surface area contributed by atoms with Gasteiger partial charge in [-0.25, -0.2) is 0 Å². The van der Waals surface area contributed by atoms with Crippen LogP contribution in [0.2, 0.25) is 0 Å². The van der Waals surface area contributed by atoms with Crippen LogP contribution in [0.4, 0.5) is 0 Å². The van der Waals surface area contributed by atoms with Gasteiger partial charge in [-0.2, -0.15) is 0 Å². The Morgan fingerprint density at radius 1 is 0.913 bits per heavy atom. The summed E-state index contributed by atoms with van der Waals surface area (Å²) < 4.78 is 5.09. The summed E-state index contributed by atoms with van der Waals surface area (Å²) in [5.41, 5.74) is -1.70. The minimum atomic E-state index is -2.29. The van der Waals surface area contributed by atoms with Crippen LogP contribution < -0.4 is 0 Å². The predicted octanol–water partition coefficient (Wildman–Crippen LogP) is 1.79. The van der Waals surface area contributed by atoms with Crippen LogP contribution in [0.15, 0.2) is 60.4 Å². The average Bonchev–Trinajstić information content (AvgIpc) is 2.78. The molecule has 0 amide bonds. The Bertz CT molecular complexity index is 805. The number of methoxy groups -OCH3 is 1. The van der Waals surface area contributed by atoms with Crippen LogP contribution in [0.3, 0.4) is 0 Å². The van der Waals surface area contributed by atoms with E-state index in [1.807, 2.05) is 0 Å². The van der Waals surface area contributed by atoms with Gasteiger partial charge in [0.15, 0.2) is 5.76 Å². The first kappa shape index (κ1) is 15.0. The lowest BCUT2D eigenvalue weighted by molar-refractivity contribution is -0.145. The van der Waals surface area contributed by atoms with Crippen LogP contribution in [0.5, 0.6) is 5.75 Å². The molecule has 1 aliphatic rings. The summed E-state index contributed by atoms with van der Waals surface area (Å²) >= 11 is 0. The van der Waals surface area contributed by atoms with Crippen molar-refractivity contribution in [1.82, 2.24) is 0 Å². The summed E-state index contributed by atoms with van der Waals surface area (Å²) in [6.07, 6.45) is 0. The van der Waals surface area contributed by atoms with Gasteiger partial charge in [-0.1, -0.05) is 42.5 Å². The maximum atomic E-state index is 12.8. The number of phenolic OH excluding ortho intramolecular Hbond substituents is 1. The SMILES string of the molecule is COC1=C(c2ccc(O)cc2)C(=O)[C@](O)(c2ccccc2)C1=O. The smallest absolute Gasteiger partial charge is 0.242 e. The Balaban J connectivity index is 2.17. The summed E-state index contributed by atoms with van der Waals surface area (Å²) in [6, 6.07) is 13.8. The second kappa shape index (κ2) is 5.37. The normalized spacial score (nSPS) is 21.0. The molecule has 0 unspecified atom stereocenters. The van der Waals surface area contributed by atoms with Gasteiger partial charge in [0.25, 0.3) is 0 Å². The van der Waals surface area contributed by atoms with E-state index in [0.29, 0.717) is 5.56 Å². The fraction of sp³-hybridized carbons (Fsp3) is 0.111. The second-order valence-corrected chi connectivity index (χ2v) is 5.19. The lowest BCUT2D eigenvalue weighted by atomic mass is 9.87. The Morgan fingerprint density at radius 2 is 1.52 bits per heavy atom. The highest BCUT2D eigenvalue weighted by Crippen LogP contribution is 2.41. The van der Waals surface area contributed by atoms with E-state index in [9.17, 15) is 19.8 Å². The molecule has 0 spiro atoms. The van der Waals surface area contributed by atoms with Crippen LogP contribution in [-0.4, -0.2) is 28.9 Å². The number of phenols is 1. The van der Waals surface area contributed by atoms with Gasteiger partial charge in [0.1, 0.15) is 5.75 Å². The fourth-order valence-electron chi connectivity index (χ4n) is 2.69. The van der Waals surface area contributed by atoms with E-state index < -0.39 is 17.2 Å². The van der Waals surface area contributed by atoms with Gasteiger partial charge in [0, 0.05) is 0 Å². The monoisotopic (exact) mass is 310 g/mol. The summed E-state index contributed by atoms with van der Waals surface area (Å²) in [4.78, 5) is 25.4. The molecule has 5 heteroatoms. The number of hydrogen-bond acceptors (Lipinski definition) is 5. The molecule has 0 radical (unpaired) electrons. The van der Waals surface area contributed by atoms with Crippen molar-refractivity contribution in [2.45, 2.75) is 5.60 Å². The topological polar surface area (TPSA) is 83.8 Å². The first-order valence-electron chi connectivity index (χ1n) is 6.95. The van der Waals surface area contributed by atoms with Crippen molar-refractivity contribution in [1.29, 1.82) is 0 Å². The van der Waals surface area contributed by atoms with E-state index in [2.05, 4.69) is 0 Å². The van der Waals surface area contributed by atoms with E-state index in [4.69, 9.17) is 4.74 Å². The largest absolute Gasteiger partial charge is 0.508 e. The maximum absolute atomic E-state index is 12.8. The number of Topliss-reactive ketones (excluding diaryl/α,β-unsaturated/α-hetero) is 2. The quantitative estimate of drug-likeness (QED) is 0.844. The van der Waals surface area contributed by atoms with Gasteiger partial charge in [-0.05, 0) is 23.3 Å². The lowest BCUT2D eigenvalue weighted by Crippen LogP contribution is -2.39. The highest BCUT2D eigenvalue weighted by Gasteiger charge is 2.55. The van der Waals surface area contributed by atoms with Gasteiger partial charge < -0.3 is 14.9 Å². The molecule has 0 bridgehead atoms. The van der Waals surface area contributed by atoms with Gasteiger partial charge >= 0.3 is 0 Å². The van der Waals surface area contributed by atoms with Crippen molar-refractivity contribution in [3.63, 3.8) is 0 Å². The molecule has 23 heavy (non-hydrogen) atoms. The van der Waals surface area contributed by atoms with Crippen molar-refractivity contribution < 1.29 is 24.5 Å². The van der Waals surface area contributed by atoms with Gasteiger partial charge in [-0.3, -0.25) is 9.59 Å². The van der Waals surface area contributed by atoms with Crippen molar-refractivity contribution in [3.8, 4) is 5.75 Å². The number of carbonyl (C=O) groups excluding carboxylic acids is 2. The molecular weight excluding hydrogens is 296 g/mol. The highest BCUT2D eigenvalue weighted by atomic mass is 16.5. The van der Waals surface area contributed by atoms with Crippen LogP contribution in [0, 0.1) is 0 Å². The molecule has 2 N–H and O–H groups in total. The van der Waals surface area contributed by atoms with Gasteiger partial charge in [0.05, 0.1) is 12.7 Å². The zero-order chi connectivity index (χ0) is 16.6. The van der Waals surface area contributed by atoms with E-state index in [0.717, 1.165) is 0 Å². The van der Waals surface area contributed by atoms with Crippen molar-refractivity contribution in [2.24, 2.45) is 0 Å². The minimum absolute atomic E-state index is 0.00357. The molecule has 1 aliphatic carbocycles. The summed E-state index contributed by atoms with van der Waals surface area (Å²) in [6.45, 7) is 0. The summed E-state index contributed by atoms with van der Waals surface area (Å²) in [5, 5.41) is 20.2. The summed E-state index contributed by atoms with van der Waals surface area (Å²) in [7, 11) is 1.28. The number of ketones is 2. The van der Waals surface area contributed by atoms with Crippen molar-refractivity contribution in [2.75, 3.05) is 7.11 Å². The van der Waals surface area contributed by atoms with E-state index in [1.54, 1.807) is 18.2 Å². The predicted molar refractivity (Wildman–Crippen MR) is 82.4 cm³/mol.